The molecule has 2 N–H and O–H groups in total. The Morgan fingerprint density at radius 1 is 1.20 bits per heavy atom. The van der Waals surface area contributed by atoms with Gasteiger partial charge in [0.25, 0.3) is 5.91 Å². The van der Waals surface area contributed by atoms with Crippen LogP contribution < -0.4 is 15.5 Å². The molecule has 25 heavy (non-hydrogen) atoms. The first-order valence-electron chi connectivity index (χ1n) is 7.85. The summed E-state index contributed by atoms with van der Waals surface area (Å²) >= 11 is 0. The number of carbonyl (C=O) groups is 2. The van der Waals surface area contributed by atoms with Gasteiger partial charge in [-0.2, -0.15) is 5.10 Å². The molecule has 130 valence electrons. The lowest BCUT2D eigenvalue weighted by atomic mass is 10.2. The van der Waals surface area contributed by atoms with Gasteiger partial charge in [0.1, 0.15) is 5.75 Å². The van der Waals surface area contributed by atoms with Gasteiger partial charge in [-0.05, 0) is 38.1 Å². The minimum absolute atomic E-state index is 0.0494. The van der Waals surface area contributed by atoms with Crippen molar-refractivity contribution >= 4 is 23.2 Å². The van der Waals surface area contributed by atoms with Crippen LogP contribution in [0.25, 0.3) is 0 Å². The number of ether oxygens (including phenoxy) is 1. The van der Waals surface area contributed by atoms with Crippen molar-refractivity contribution in [3.05, 3.63) is 54.4 Å². The highest BCUT2D eigenvalue weighted by Gasteiger charge is 2.09. The van der Waals surface area contributed by atoms with Gasteiger partial charge in [-0.25, -0.2) is 5.43 Å². The maximum Gasteiger partial charge on any atom is 0.272 e. The van der Waals surface area contributed by atoms with E-state index in [1.54, 1.807) is 37.4 Å². The van der Waals surface area contributed by atoms with E-state index in [0.717, 1.165) is 0 Å². The van der Waals surface area contributed by atoms with Crippen molar-refractivity contribution in [1.29, 1.82) is 0 Å². The van der Waals surface area contributed by atoms with Gasteiger partial charge < -0.3 is 10.1 Å². The molecular weight excluding hydrogens is 320 g/mol. The fraction of sp³-hybridized carbons (Fsp3) is 0.222. The number of benzene rings is 1. The molecule has 0 aliphatic heterocycles. The first-order chi connectivity index (χ1) is 12.1. The number of carbonyl (C=O) groups excluding carboxylic acids is 2. The Hall–Kier alpha value is -3.22. The summed E-state index contributed by atoms with van der Waals surface area (Å²) < 4.78 is 5.46. The minimum atomic E-state index is -0.380. The highest BCUT2D eigenvalue weighted by Crippen LogP contribution is 2.23. The Morgan fingerprint density at radius 2 is 2.00 bits per heavy atom. The molecule has 7 nitrogen and oxygen atoms in total. The summed E-state index contributed by atoms with van der Waals surface area (Å²) in [6.07, 6.45) is 3.07. The van der Waals surface area contributed by atoms with Crippen molar-refractivity contribution in [3.8, 4) is 5.75 Å². The second-order valence-electron chi connectivity index (χ2n) is 5.18. The lowest BCUT2D eigenvalue weighted by molar-refractivity contribution is -0.115. The first kappa shape index (κ1) is 18.1. The summed E-state index contributed by atoms with van der Waals surface area (Å²) in [5, 5.41) is 6.72. The van der Waals surface area contributed by atoms with E-state index >= 15 is 0 Å². The van der Waals surface area contributed by atoms with E-state index in [1.807, 2.05) is 19.1 Å². The fourth-order valence-electron chi connectivity index (χ4n) is 2.03. The maximum absolute atomic E-state index is 12.1. The Bertz CT molecular complexity index is 760. The number of nitrogens with zero attached hydrogens (tertiary/aromatic N) is 2. The van der Waals surface area contributed by atoms with Crippen molar-refractivity contribution in [2.24, 2.45) is 5.10 Å². The number of hydrogen-bond acceptors (Lipinski definition) is 5. The summed E-state index contributed by atoms with van der Waals surface area (Å²) in [5.74, 6) is -0.0172. The van der Waals surface area contributed by atoms with E-state index in [4.69, 9.17) is 4.74 Å². The van der Waals surface area contributed by atoms with Crippen molar-refractivity contribution in [1.82, 2.24) is 10.4 Å². The quantitative estimate of drug-likeness (QED) is 0.598. The molecule has 1 aromatic heterocycles. The number of aromatic nitrogens is 1. The van der Waals surface area contributed by atoms with Crippen LogP contribution in [0.2, 0.25) is 0 Å². The van der Waals surface area contributed by atoms with Crippen LogP contribution in [0.3, 0.4) is 0 Å². The second-order valence-corrected chi connectivity index (χ2v) is 5.18. The van der Waals surface area contributed by atoms with E-state index in [1.165, 1.54) is 6.20 Å². The Balaban J connectivity index is 1.90. The van der Waals surface area contributed by atoms with Gasteiger partial charge in [-0.1, -0.05) is 12.1 Å². The number of rotatable bonds is 7. The molecule has 1 aromatic carbocycles. The predicted molar refractivity (Wildman–Crippen MR) is 95.7 cm³/mol. The molecule has 1 heterocycles. The van der Waals surface area contributed by atoms with Gasteiger partial charge in [-0.15, -0.1) is 0 Å². The Labute approximate surface area is 146 Å². The monoisotopic (exact) mass is 340 g/mol. The molecule has 2 aromatic rings. The highest BCUT2D eigenvalue weighted by atomic mass is 16.5. The normalized spacial score (nSPS) is 10.9. The Kier molecular flexibility index (Phi) is 6.65. The van der Waals surface area contributed by atoms with Crippen LogP contribution >= 0.6 is 0 Å². The van der Waals surface area contributed by atoms with Crippen LogP contribution in [-0.4, -0.2) is 29.1 Å². The van der Waals surface area contributed by atoms with Gasteiger partial charge in [0, 0.05) is 18.1 Å². The topological polar surface area (TPSA) is 92.7 Å². The second kappa shape index (κ2) is 9.17. The van der Waals surface area contributed by atoms with Crippen molar-refractivity contribution < 1.29 is 14.3 Å². The Morgan fingerprint density at radius 3 is 2.72 bits per heavy atom. The molecule has 0 radical (unpaired) electrons. The number of nitrogens with one attached hydrogen (secondary N) is 2. The van der Waals surface area contributed by atoms with Gasteiger partial charge in [0.05, 0.1) is 24.3 Å². The van der Waals surface area contributed by atoms with Gasteiger partial charge >= 0.3 is 0 Å². The van der Waals surface area contributed by atoms with Gasteiger partial charge in [0.15, 0.2) is 0 Å². The zero-order chi connectivity index (χ0) is 18.1. The molecule has 0 spiro atoms. The molecule has 0 saturated carbocycles. The number of para-hydroxylation sites is 2. The summed E-state index contributed by atoms with van der Waals surface area (Å²) in [6.45, 7) is 4.05. The molecule has 0 fully saturated rings. The molecule has 0 bridgehead atoms. The molecule has 0 saturated heterocycles. The van der Waals surface area contributed by atoms with E-state index in [-0.39, 0.29) is 18.2 Å². The average Bonchev–Trinajstić information content (AvgIpc) is 2.62. The molecule has 2 amide bonds. The fourth-order valence-corrected chi connectivity index (χ4v) is 2.03. The smallest absolute Gasteiger partial charge is 0.272 e. The molecule has 7 heteroatoms. The summed E-state index contributed by atoms with van der Waals surface area (Å²) in [7, 11) is 0. The number of pyridine rings is 1. The average molecular weight is 340 g/mol. The third-order valence-electron chi connectivity index (χ3n) is 3.15. The van der Waals surface area contributed by atoms with Crippen LogP contribution in [0.4, 0.5) is 5.69 Å². The van der Waals surface area contributed by atoms with Gasteiger partial charge in [-0.3, -0.25) is 14.6 Å². The standard InChI is InChI=1S/C18H20N4O3/c1-3-25-16-9-5-4-8-15(16)20-17(23)11-13(2)21-22-18(24)14-7-6-10-19-12-14/h4-10,12H,3,11H2,1-2H3,(H,20,23)(H,22,24). The predicted octanol–water partition coefficient (Wildman–Crippen LogP) is 2.61. The van der Waals surface area contributed by atoms with E-state index < -0.39 is 0 Å². The van der Waals surface area contributed by atoms with Crippen molar-refractivity contribution in [2.45, 2.75) is 20.3 Å². The largest absolute Gasteiger partial charge is 0.492 e. The van der Waals surface area contributed by atoms with Crippen LogP contribution in [0.5, 0.6) is 5.75 Å². The van der Waals surface area contributed by atoms with Crippen LogP contribution in [-0.2, 0) is 4.79 Å². The van der Waals surface area contributed by atoms with Crippen LogP contribution in [0.15, 0.2) is 53.9 Å². The third kappa shape index (κ3) is 5.72. The zero-order valence-corrected chi connectivity index (χ0v) is 14.2. The number of hydrazone groups is 1. The number of hydrogen-bond donors (Lipinski definition) is 2. The lowest BCUT2D eigenvalue weighted by Gasteiger charge is -2.11. The first-order valence-corrected chi connectivity index (χ1v) is 7.85. The van der Waals surface area contributed by atoms with Crippen LogP contribution in [0, 0.1) is 0 Å². The molecular formula is C18H20N4O3. The highest BCUT2D eigenvalue weighted by molar-refractivity contribution is 6.06. The van der Waals surface area contributed by atoms with E-state index in [2.05, 4.69) is 20.8 Å². The number of anilines is 1. The summed E-state index contributed by atoms with van der Waals surface area (Å²) in [6, 6.07) is 10.5. The maximum atomic E-state index is 12.1. The SMILES string of the molecule is CCOc1ccccc1NC(=O)CC(C)=NNC(=O)c1cccnc1. The molecule has 0 unspecified atom stereocenters. The molecule has 0 aliphatic carbocycles. The van der Waals surface area contributed by atoms with Crippen molar-refractivity contribution in [3.63, 3.8) is 0 Å². The van der Waals surface area contributed by atoms with Crippen molar-refractivity contribution in [2.75, 3.05) is 11.9 Å². The molecule has 0 atom stereocenters. The van der Waals surface area contributed by atoms with E-state index in [0.29, 0.717) is 29.3 Å². The molecule has 2 rings (SSSR count). The summed E-state index contributed by atoms with van der Waals surface area (Å²) in [5.41, 5.74) is 3.88. The number of amides is 2. The molecule has 0 aliphatic rings. The summed E-state index contributed by atoms with van der Waals surface area (Å²) in [4.78, 5) is 27.9. The lowest BCUT2D eigenvalue weighted by Crippen LogP contribution is -2.21. The zero-order valence-electron chi connectivity index (χ0n) is 14.2. The van der Waals surface area contributed by atoms with E-state index in [9.17, 15) is 9.59 Å². The minimum Gasteiger partial charge on any atom is -0.492 e. The van der Waals surface area contributed by atoms with Gasteiger partial charge in [0.2, 0.25) is 5.91 Å². The van der Waals surface area contributed by atoms with Crippen LogP contribution in [0.1, 0.15) is 30.6 Å². The third-order valence-corrected chi connectivity index (χ3v) is 3.15.